The molecule has 0 bridgehead atoms. The largest absolute Gasteiger partial charge is 0.357 e. The Kier molecular flexibility index (Phi) is 3.36. The molecular formula is C17H16N4. The van der Waals surface area contributed by atoms with Gasteiger partial charge in [0.05, 0.1) is 5.69 Å². The molecule has 2 aromatic heterocycles. The van der Waals surface area contributed by atoms with Gasteiger partial charge >= 0.3 is 0 Å². The predicted molar refractivity (Wildman–Crippen MR) is 87.1 cm³/mol. The van der Waals surface area contributed by atoms with E-state index in [-0.39, 0.29) is 0 Å². The van der Waals surface area contributed by atoms with Crippen LogP contribution in [0.15, 0.2) is 43.1 Å². The predicted octanol–water partition coefficient (Wildman–Crippen LogP) is 3.68. The molecule has 0 saturated heterocycles. The number of aromatic nitrogens is 3. The van der Waals surface area contributed by atoms with Crippen molar-refractivity contribution >= 4 is 23.1 Å². The summed E-state index contributed by atoms with van der Waals surface area (Å²) in [6.07, 6.45) is 3.55. The Bertz CT molecular complexity index is 824. The minimum absolute atomic E-state index is 0.564. The number of anilines is 1. The molecule has 1 N–H and O–H groups in total. The molecule has 2 heterocycles. The van der Waals surface area contributed by atoms with Crippen molar-refractivity contribution < 1.29 is 0 Å². The molecule has 0 saturated carbocycles. The maximum Gasteiger partial charge on any atom is 0.224 e. The number of aryl methyl sites for hydroxylation is 1. The number of fused-ring (bicyclic) bond motifs is 1. The molecule has 21 heavy (non-hydrogen) atoms. The number of nitrogens with zero attached hydrogens (tertiary/aromatic N) is 3. The monoisotopic (exact) mass is 276 g/mol. The van der Waals surface area contributed by atoms with Crippen molar-refractivity contribution in [3.05, 3.63) is 54.4 Å². The second-order valence-corrected chi connectivity index (χ2v) is 4.80. The minimum atomic E-state index is 0.564. The first-order chi connectivity index (χ1) is 10.2. The lowest BCUT2D eigenvalue weighted by atomic mass is 9.98. The zero-order valence-corrected chi connectivity index (χ0v) is 12.1. The van der Waals surface area contributed by atoms with E-state index >= 15 is 0 Å². The summed E-state index contributed by atoms with van der Waals surface area (Å²) in [5.74, 6) is 0.564. The molecular weight excluding hydrogens is 260 g/mol. The van der Waals surface area contributed by atoms with Crippen LogP contribution >= 0.6 is 0 Å². The summed E-state index contributed by atoms with van der Waals surface area (Å²) < 4.78 is 0. The van der Waals surface area contributed by atoms with Crippen molar-refractivity contribution in [1.82, 2.24) is 15.0 Å². The van der Waals surface area contributed by atoms with Gasteiger partial charge in [-0.15, -0.1) is 0 Å². The van der Waals surface area contributed by atoms with Crippen LogP contribution in [0.5, 0.6) is 0 Å². The summed E-state index contributed by atoms with van der Waals surface area (Å²) in [7, 11) is 1.79. The van der Waals surface area contributed by atoms with Crippen LogP contribution in [0, 0.1) is 6.92 Å². The van der Waals surface area contributed by atoms with Gasteiger partial charge < -0.3 is 5.32 Å². The van der Waals surface area contributed by atoms with E-state index in [4.69, 9.17) is 0 Å². The lowest BCUT2D eigenvalue weighted by molar-refractivity contribution is 1.16. The molecule has 104 valence electrons. The van der Waals surface area contributed by atoms with Crippen molar-refractivity contribution in [2.75, 3.05) is 12.4 Å². The minimum Gasteiger partial charge on any atom is -0.357 e. The van der Waals surface area contributed by atoms with E-state index in [1.165, 1.54) is 5.56 Å². The fourth-order valence-electron chi connectivity index (χ4n) is 2.34. The third kappa shape index (κ3) is 2.36. The van der Waals surface area contributed by atoms with E-state index in [1.807, 2.05) is 12.1 Å². The van der Waals surface area contributed by atoms with Gasteiger partial charge in [0.25, 0.3) is 0 Å². The molecule has 0 aliphatic carbocycles. The van der Waals surface area contributed by atoms with Gasteiger partial charge in [-0.25, -0.2) is 9.97 Å². The van der Waals surface area contributed by atoms with Crippen molar-refractivity contribution in [2.24, 2.45) is 0 Å². The topological polar surface area (TPSA) is 50.7 Å². The maximum absolute atomic E-state index is 4.61. The van der Waals surface area contributed by atoms with Crippen LogP contribution in [0.1, 0.15) is 11.3 Å². The van der Waals surface area contributed by atoms with Gasteiger partial charge in [-0.2, -0.15) is 4.98 Å². The highest BCUT2D eigenvalue weighted by molar-refractivity contribution is 5.86. The maximum atomic E-state index is 4.61. The number of nitrogens with one attached hydrogen (secondary N) is 1. The Hall–Kier alpha value is -2.75. The second-order valence-electron chi connectivity index (χ2n) is 4.80. The average Bonchev–Trinajstić information content (AvgIpc) is 2.53. The van der Waals surface area contributed by atoms with Gasteiger partial charge in [0.15, 0.2) is 5.65 Å². The van der Waals surface area contributed by atoms with Crippen molar-refractivity contribution in [2.45, 2.75) is 6.92 Å². The Morgan fingerprint density at radius 2 is 1.95 bits per heavy atom. The van der Waals surface area contributed by atoms with E-state index in [0.29, 0.717) is 11.6 Å². The molecule has 0 unspecified atom stereocenters. The van der Waals surface area contributed by atoms with Gasteiger partial charge in [-0.3, -0.25) is 0 Å². The SMILES string of the molecule is C=Cc1nc2nc(NC)ncc2cc1-c1ccccc1C. The average molecular weight is 276 g/mol. The van der Waals surface area contributed by atoms with Gasteiger partial charge in [0.1, 0.15) is 0 Å². The van der Waals surface area contributed by atoms with Crippen molar-refractivity contribution in [3.63, 3.8) is 0 Å². The summed E-state index contributed by atoms with van der Waals surface area (Å²) in [5, 5.41) is 3.84. The molecule has 0 aliphatic heterocycles. The van der Waals surface area contributed by atoms with Crippen molar-refractivity contribution in [1.29, 1.82) is 0 Å². The quantitative estimate of drug-likeness (QED) is 0.792. The lowest BCUT2D eigenvalue weighted by Gasteiger charge is -2.10. The zero-order valence-electron chi connectivity index (χ0n) is 12.1. The van der Waals surface area contributed by atoms with Crippen molar-refractivity contribution in [3.8, 4) is 11.1 Å². The van der Waals surface area contributed by atoms with E-state index in [0.717, 1.165) is 22.2 Å². The first kappa shape index (κ1) is 13.2. The lowest BCUT2D eigenvalue weighted by Crippen LogP contribution is -1.99. The van der Waals surface area contributed by atoms with Crippen LogP contribution in [0.2, 0.25) is 0 Å². The normalized spacial score (nSPS) is 10.6. The van der Waals surface area contributed by atoms with E-state index in [9.17, 15) is 0 Å². The first-order valence-electron chi connectivity index (χ1n) is 6.77. The highest BCUT2D eigenvalue weighted by Crippen LogP contribution is 2.29. The van der Waals surface area contributed by atoms with Crippen LogP contribution in [0.4, 0.5) is 5.95 Å². The van der Waals surface area contributed by atoms with E-state index in [1.54, 1.807) is 19.3 Å². The fourth-order valence-corrected chi connectivity index (χ4v) is 2.34. The smallest absolute Gasteiger partial charge is 0.224 e. The van der Waals surface area contributed by atoms with Crippen LogP contribution < -0.4 is 5.32 Å². The molecule has 0 amide bonds. The van der Waals surface area contributed by atoms with E-state index < -0.39 is 0 Å². The third-order valence-electron chi connectivity index (χ3n) is 3.45. The summed E-state index contributed by atoms with van der Waals surface area (Å²) in [4.78, 5) is 13.2. The molecule has 0 fully saturated rings. The van der Waals surface area contributed by atoms with Gasteiger partial charge in [0, 0.05) is 24.2 Å². The number of benzene rings is 1. The number of pyridine rings is 1. The summed E-state index contributed by atoms with van der Waals surface area (Å²) >= 11 is 0. The summed E-state index contributed by atoms with van der Waals surface area (Å²) in [6, 6.07) is 10.3. The van der Waals surface area contributed by atoms with Crippen LogP contribution in [0.3, 0.4) is 0 Å². The van der Waals surface area contributed by atoms with Gasteiger partial charge in [0.2, 0.25) is 5.95 Å². The Balaban J connectivity index is 2.28. The highest BCUT2D eigenvalue weighted by atomic mass is 15.1. The Morgan fingerprint density at radius 3 is 2.67 bits per heavy atom. The highest BCUT2D eigenvalue weighted by Gasteiger charge is 2.10. The second kappa shape index (κ2) is 5.32. The summed E-state index contributed by atoms with van der Waals surface area (Å²) in [5.41, 5.74) is 4.91. The fraction of sp³-hybridized carbons (Fsp3) is 0.118. The molecule has 4 heteroatoms. The van der Waals surface area contributed by atoms with Gasteiger partial charge in [-0.05, 0) is 30.2 Å². The standard InChI is InChI=1S/C17H16N4/c1-4-15-14(13-8-6-5-7-11(13)2)9-12-10-19-17(18-3)21-16(12)20-15/h4-10H,1H2,2-3H3,(H,18,19,20,21). The van der Waals surface area contributed by atoms with Gasteiger partial charge in [-0.1, -0.05) is 30.8 Å². The molecule has 1 aromatic carbocycles. The molecule has 3 aromatic rings. The van der Waals surface area contributed by atoms with Crippen LogP contribution in [-0.4, -0.2) is 22.0 Å². The zero-order chi connectivity index (χ0) is 14.8. The molecule has 3 rings (SSSR count). The Labute approximate surface area is 123 Å². The molecule has 0 radical (unpaired) electrons. The molecule has 4 nitrogen and oxygen atoms in total. The number of hydrogen-bond donors (Lipinski definition) is 1. The molecule has 0 aliphatic rings. The van der Waals surface area contributed by atoms with Crippen LogP contribution in [-0.2, 0) is 0 Å². The molecule has 0 spiro atoms. The number of hydrogen-bond acceptors (Lipinski definition) is 4. The first-order valence-corrected chi connectivity index (χ1v) is 6.77. The molecule has 0 atom stereocenters. The summed E-state index contributed by atoms with van der Waals surface area (Å²) in [6.45, 7) is 5.96. The number of rotatable bonds is 3. The third-order valence-corrected chi connectivity index (χ3v) is 3.45. The van der Waals surface area contributed by atoms with Crippen LogP contribution in [0.25, 0.3) is 28.2 Å². The van der Waals surface area contributed by atoms with E-state index in [2.05, 4.69) is 52.0 Å². The Morgan fingerprint density at radius 1 is 1.14 bits per heavy atom.